The maximum Gasteiger partial charge on any atom is 0.254 e. The van der Waals surface area contributed by atoms with Gasteiger partial charge in [0.2, 0.25) is 0 Å². The number of nitrogens with zero attached hydrogens (tertiary/aromatic N) is 2. The van der Waals surface area contributed by atoms with E-state index in [1.165, 1.54) is 0 Å². The van der Waals surface area contributed by atoms with E-state index in [1.54, 1.807) is 6.07 Å². The molecule has 1 aromatic carbocycles. The van der Waals surface area contributed by atoms with Crippen LogP contribution in [0.25, 0.3) is 10.9 Å². The first-order valence-electron chi connectivity index (χ1n) is 7.04. The van der Waals surface area contributed by atoms with E-state index >= 15 is 0 Å². The number of pyridine rings is 1. The highest BCUT2D eigenvalue weighted by atomic mass is 35.5. The Bertz CT molecular complexity index is 681. The first-order chi connectivity index (χ1) is 10.0. The van der Waals surface area contributed by atoms with Crippen LogP contribution in [-0.2, 0) is 0 Å². The van der Waals surface area contributed by atoms with Gasteiger partial charge in [-0.05, 0) is 12.1 Å². The first-order valence-corrected chi connectivity index (χ1v) is 8.36. The summed E-state index contributed by atoms with van der Waals surface area (Å²) in [5.41, 5.74) is 1.41. The molecule has 5 heteroatoms. The zero-order valence-electron chi connectivity index (χ0n) is 12.0. The van der Waals surface area contributed by atoms with Gasteiger partial charge in [0.25, 0.3) is 5.91 Å². The number of benzene rings is 1. The number of fused-ring (bicyclic) bond motifs is 1. The summed E-state index contributed by atoms with van der Waals surface area (Å²) < 4.78 is 0. The number of carbonyl (C=O) groups excluding carboxylic acids is 1. The fraction of sp³-hybridized carbons (Fsp3) is 0.375. The van der Waals surface area contributed by atoms with Gasteiger partial charge < -0.3 is 4.90 Å². The molecule has 2 unspecified atom stereocenters. The highest BCUT2D eigenvalue weighted by molar-refractivity contribution is 8.00. The summed E-state index contributed by atoms with van der Waals surface area (Å²) in [6.07, 6.45) is 0. The number of carbonyl (C=O) groups is 1. The minimum atomic E-state index is 0.0505. The van der Waals surface area contributed by atoms with Gasteiger partial charge in [-0.1, -0.05) is 43.6 Å². The minimum Gasteiger partial charge on any atom is -0.336 e. The fourth-order valence-electron chi connectivity index (χ4n) is 2.83. The van der Waals surface area contributed by atoms with Gasteiger partial charge >= 0.3 is 0 Å². The van der Waals surface area contributed by atoms with Gasteiger partial charge in [0, 0.05) is 29.0 Å². The molecule has 1 fully saturated rings. The van der Waals surface area contributed by atoms with Gasteiger partial charge in [0.1, 0.15) is 5.15 Å². The second kappa shape index (κ2) is 5.85. The van der Waals surface area contributed by atoms with Crippen LogP contribution in [0.2, 0.25) is 5.15 Å². The average Bonchev–Trinajstić information content (AvgIpc) is 2.44. The van der Waals surface area contributed by atoms with Gasteiger partial charge in [-0.15, -0.1) is 0 Å². The first kappa shape index (κ1) is 14.7. The van der Waals surface area contributed by atoms with E-state index in [9.17, 15) is 4.79 Å². The van der Waals surface area contributed by atoms with Crippen molar-refractivity contribution in [2.24, 2.45) is 0 Å². The molecular weight excluding hydrogens is 304 g/mol. The maximum atomic E-state index is 12.9. The fourth-order valence-corrected chi connectivity index (χ4v) is 4.36. The SMILES string of the molecule is CC1CN(C(=O)c2cc(Cl)nc3ccccc23)CC(C)S1. The Kier molecular flexibility index (Phi) is 4.09. The topological polar surface area (TPSA) is 33.2 Å². The molecule has 3 rings (SSSR count). The predicted molar refractivity (Wildman–Crippen MR) is 89.2 cm³/mol. The summed E-state index contributed by atoms with van der Waals surface area (Å²) in [5.74, 6) is 0.0505. The van der Waals surface area contributed by atoms with Crippen molar-refractivity contribution in [3.05, 3.63) is 41.0 Å². The number of para-hydroxylation sites is 1. The van der Waals surface area contributed by atoms with Gasteiger partial charge in [-0.25, -0.2) is 4.98 Å². The van der Waals surface area contributed by atoms with E-state index in [1.807, 2.05) is 40.9 Å². The smallest absolute Gasteiger partial charge is 0.254 e. The third kappa shape index (κ3) is 3.01. The quantitative estimate of drug-likeness (QED) is 0.748. The Morgan fingerprint density at radius 2 is 1.95 bits per heavy atom. The molecule has 2 aromatic rings. The van der Waals surface area contributed by atoms with Crippen molar-refractivity contribution in [1.29, 1.82) is 0 Å². The molecule has 2 heterocycles. The van der Waals surface area contributed by atoms with Crippen molar-refractivity contribution in [1.82, 2.24) is 9.88 Å². The highest BCUT2D eigenvalue weighted by Gasteiger charge is 2.27. The molecule has 1 aromatic heterocycles. The van der Waals surface area contributed by atoms with Crippen LogP contribution in [0.1, 0.15) is 24.2 Å². The molecule has 0 bridgehead atoms. The standard InChI is InChI=1S/C16H17ClN2OS/c1-10-8-19(9-11(2)21-10)16(20)13-7-15(17)18-14-6-4-3-5-12(13)14/h3-7,10-11H,8-9H2,1-2H3. The Balaban J connectivity index is 2.01. The van der Waals surface area contributed by atoms with E-state index in [-0.39, 0.29) is 5.91 Å². The molecule has 0 radical (unpaired) electrons. The lowest BCUT2D eigenvalue weighted by Crippen LogP contribution is -2.44. The molecule has 1 saturated heterocycles. The monoisotopic (exact) mass is 320 g/mol. The van der Waals surface area contributed by atoms with Crippen molar-refractivity contribution in [3.8, 4) is 0 Å². The van der Waals surface area contributed by atoms with Gasteiger partial charge in [0.05, 0.1) is 11.1 Å². The molecule has 1 amide bonds. The zero-order valence-corrected chi connectivity index (χ0v) is 13.6. The summed E-state index contributed by atoms with van der Waals surface area (Å²) >= 11 is 8.01. The lowest BCUT2D eigenvalue weighted by atomic mass is 10.1. The lowest BCUT2D eigenvalue weighted by molar-refractivity contribution is 0.0755. The average molecular weight is 321 g/mol. The van der Waals surface area contributed by atoms with Crippen LogP contribution < -0.4 is 0 Å². The van der Waals surface area contributed by atoms with E-state index in [4.69, 9.17) is 11.6 Å². The molecule has 0 saturated carbocycles. The second-order valence-electron chi connectivity index (χ2n) is 5.48. The molecule has 110 valence electrons. The zero-order chi connectivity index (χ0) is 15.0. The molecule has 21 heavy (non-hydrogen) atoms. The van der Waals surface area contributed by atoms with Crippen molar-refractivity contribution >= 4 is 40.2 Å². The summed E-state index contributed by atoms with van der Waals surface area (Å²) in [6, 6.07) is 9.32. The number of hydrogen-bond acceptors (Lipinski definition) is 3. The van der Waals surface area contributed by atoms with E-state index in [2.05, 4.69) is 18.8 Å². The van der Waals surface area contributed by atoms with Gasteiger partial charge in [-0.3, -0.25) is 4.79 Å². The number of halogens is 1. The van der Waals surface area contributed by atoms with E-state index < -0.39 is 0 Å². The third-order valence-corrected chi connectivity index (χ3v) is 5.04. The van der Waals surface area contributed by atoms with Crippen LogP contribution >= 0.6 is 23.4 Å². The number of aromatic nitrogens is 1. The highest BCUT2D eigenvalue weighted by Crippen LogP contribution is 2.28. The molecule has 3 nitrogen and oxygen atoms in total. The van der Waals surface area contributed by atoms with Crippen LogP contribution in [0.4, 0.5) is 0 Å². The molecule has 0 aliphatic carbocycles. The van der Waals surface area contributed by atoms with Crippen molar-refractivity contribution in [2.75, 3.05) is 13.1 Å². The summed E-state index contributed by atoms with van der Waals surface area (Å²) in [7, 11) is 0. The Morgan fingerprint density at radius 1 is 1.29 bits per heavy atom. The lowest BCUT2D eigenvalue weighted by Gasteiger charge is -2.34. The summed E-state index contributed by atoms with van der Waals surface area (Å²) in [6.45, 7) is 5.89. The minimum absolute atomic E-state index is 0.0505. The number of thioether (sulfide) groups is 1. The summed E-state index contributed by atoms with van der Waals surface area (Å²) in [4.78, 5) is 19.1. The van der Waals surface area contributed by atoms with Crippen LogP contribution in [-0.4, -0.2) is 39.4 Å². The molecule has 0 N–H and O–H groups in total. The van der Waals surface area contributed by atoms with Crippen LogP contribution in [0.5, 0.6) is 0 Å². The maximum absolute atomic E-state index is 12.9. The van der Waals surface area contributed by atoms with Gasteiger partial charge in [0.15, 0.2) is 0 Å². The Labute approximate surface area is 133 Å². The number of amides is 1. The Morgan fingerprint density at radius 3 is 2.67 bits per heavy atom. The van der Waals surface area contributed by atoms with Crippen molar-refractivity contribution in [3.63, 3.8) is 0 Å². The normalized spacial score (nSPS) is 22.5. The molecule has 0 spiro atoms. The molecule has 1 aliphatic rings. The second-order valence-corrected chi connectivity index (χ2v) is 7.75. The molecule has 2 atom stereocenters. The number of rotatable bonds is 1. The van der Waals surface area contributed by atoms with Crippen LogP contribution in [0.3, 0.4) is 0 Å². The van der Waals surface area contributed by atoms with Crippen LogP contribution in [0.15, 0.2) is 30.3 Å². The molecular formula is C16H17ClN2OS. The largest absolute Gasteiger partial charge is 0.336 e. The van der Waals surface area contributed by atoms with Crippen molar-refractivity contribution in [2.45, 2.75) is 24.3 Å². The van der Waals surface area contributed by atoms with Crippen molar-refractivity contribution < 1.29 is 4.79 Å². The van der Waals surface area contributed by atoms with E-state index in [0.29, 0.717) is 21.2 Å². The van der Waals surface area contributed by atoms with Gasteiger partial charge in [-0.2, -0.15) is 11.8 Å². The Hall–Kier alpha value is -1.26. The summed E-state index contributed by atoms with van der Waals surface area (Å²) in [5, 5.41) is 2.15. The molecule has 1 aliphatic heterocycles. The van der Waals surface area contributed by atoms with Crippen LogP contribution in [0, 0.1) is 0 Å². The third-order valence-electron chi connectivity index (χ3n) is 3.62. The van der Waals surface area contributed by atoms with E-state index in [0.717, 1.165) is 24.0 Å². The number of hydrogen-bond donors (Lipinski definition) is 0. The predicted octanol–water partition coefficient (Wildman–Crippen LogP) is 3.85.